The van der Waals surface area contributed by atoms with Gasteiger partial charge in [0, 0.05) is 30.6 Å². The van der Waals surface area contributed by atoms with Gasteiger partial charge in [-0.25, -0.2) is 14.0 Å². The van der Waals surface area contributed by atoms with Crippen molar-refractivity contribution >= 4 is 21.3 Å². The number of hydrogen-bond donors (Lipinski definition) is 2. The number of nitrogens with one attached hydrogen (secondary N) is 2. The molecular formula is C21H23F6N5O2S. The summed E-state index contributed by atoms with van der Waals surface area (Å²) < 4.78 is 102. The van der Waals surface area contributed by atoms with Crippen molar-refractivity contribution in [2.75, 3.05) is 11.6 Å². The van der Waals surface area contributed by atoms with Gasteiger partial charge in [-0.1, -0.05) is 6.92 Å². The van der Waals surface area contributed by atoms with Gasteiger partial charge in [-0.2, -0.15) is 31.4 Å². The van der Waals surface area contributed by atoms with E-state index in [4.69, 9.17) is 4.78 Å². The average Bonchev–Trinajstić information content (AvgIpc) is 3.45. The lowest BCUT2D eigenvalue weighted by molar-refractivity contribution is -0.221. The number of pyridine rings is 1. The first-order chi connectivity index (χ1) is 16.0. The minimum absolute atomic E-state index is 0.0253. The van der Waals surface area contributed by atoms with Crippen molar-refractivity contribution < 1.29 is 35.3 Å². The molecule has 0 aliphatic heterocycles. The van der Waals surface area contributed by atoms with Crippen LogP contribution >= 0.6 is 0 Å². The second kappa shape index (κ2) is 8.20. The van der Waals surface area contributed by atoms with Gasteiger partial charge < -0.3 is 5.32 Å². The zero-order chi connectivity index (χ0) is 26.0. The molecule has 0 saturated heterocycles. The van der Waals surface area contributed by atoms with Crippen LogP contribution in [-0.4, -0.2) is 37.3 Å². The molecule has 2 N–H and O–H groups in total. The second-order valence-electron chi connectivity index (χ2n) is 9.68. The number of carbonyl (C=O) groups excluding carboxylic acids is 1. The number of halogens is 6. The van der Waals surface area contributed by atoms with Gasteiger partial charge in [-0.05, 0) is 43.2 Å². The van der Waals surface area contributed by atoms with E-state index in [1.807, 2.05) is 0 Å². The maximum absolute atomic E-state index is 14.1. The third-order valence-electron chi connectivity index (χ3n) is 6.31. The predicted octanol–water partition coefficient (Wildman–Crippen LogP) is 5.44. The van der Waals surface area contributed by atoms with E-state index in [1.165, 1.54) is 13.0 Å². The van der Waals surface area contributed by atoms with Crippen molar-refractivity contribution in [1.29, 1.82) is 4.78 Å². The normalized spacial score (nSPS) is 24.5. The zero-order valence-electron chi connectivity index (χ0n) is 18.8. The summed E-state index contributed by atoms with van der Waals surface area (Å²) in [6.07, 6.45) is -6.66. The van der Waals surface area contributed by atoms with Gasteiger partial charge >= 0.3 is 12.4 Å². The lowest BCUT2D eigenvalue weighted by atomic mass is 9.63. The minimum atomic E-state index is -4.92. The number of alkyl halides is 6. The minimum Gasteiger partial charge on any atom is -0.320 e. The van der Waals surface area contributed by atoms with Crippen molar-refractivity contribution in [1.82, 2.24) is 14.8 Å². The highest BCUT2D eigenvalue weighted by molar-refractivity contribution is 7.91. The maximum atomic E-state index is 14.1. The number of rotatable bonds is 6. The number of anilines is 1. The predicted molar refractivity (Wildman–Crippen MR) is 113 cm³/mol. The fourth-order valence-corrected chi connectivity index (χ4v) is 5.10. The van der Waals surface area contributed by atoms with Crippen LogP contribution in [-0.2, 0) is 22.5 Å². The van der Waals surface area contributed by atoms with E-state index in [-0.39, 0.29) is 35.8 Å². The van der Waals surface area contributed by atoms with Crippen LogP contribution in [0, 0.1) is 16.1 Å². The molecule has 35 heavy (non-hydrogen) atoms. The Balaban J connectivity index is 1.71. The topological polar surface area (TPSA) is 101 Å². The number of hydrogen-bond acceptors (Lipinski definition) is 5. The molecule has 0 unspecified atom stereocenters. The Bertz CT molecular complexity index is 1260. The Hall–Kier alpha value is -2.64. The molecule has 2 heterocycles. The zero-order valence-corrected chi connectivity index (χ0v) is 19.6. The third-order valence-corrected chi connectivity index (χ3v) is 7.33. The number of carbonyl (C=O) groups is 1. The third kappa shape index (κ3) is 5.31. The molecule has 2 aromatic rings. The maximum Gasteiger partial charge on any atom is 0.420 e. The lowest BCUT2D eigenvalue weighted by Crippen LogP contribution is -2.45. The number of aromatic nitrogens is 3. The van der Waals surface area contributed by atoms with E-state index in [1.54, 1.807) is 0 Å². The fourth-order valence-electron chi connectivity index (χ4n) is 4.49. The van der Waals surface area contributed by atoms with Crippen LogP contribution in [0.25, 0.3) is 0 Å². The molecule has 7 nitrogen and oxygen atoms in total. The lowest BCUT2D eigenvalue weighted by Gasteiger charge is -2.46. The summed E-state index contributed by atoms with van der Waals surface area (Å²) in [5, 5.41) is 6.23. The molecule has 0 bridgehead atoms. The van der Waals surface area contributed by atoms with E-state index in [2.05, 4.69) is 15.4 Å². The number of nitrogens with zero attached hydrogens (tertiary/aromatic N) is 3. The Morgan fingerprint density at radius 2 is 1.89 bits per heavy atom. The largest absolute Gasteiger partial charge is 0.420 e. The molecule has 0 aromatic carbocycles. The standard InChI is InChI=1S/C21H23F6N5O2S/c1-19(8-12(9-19)20(22,23)24)10-32-17(15(21(25,26)27)16(31-32)11-3-4-11)18(33)30-13-5-6-29-14(7-13)35(2,28)34/h5-7,11-12,28H,3-4,8-10H2,1-2H3,(H,29,30,33)/t12?,19?,35-/m1/s1. The molecule has 4 rings (SSSR count). The Morgan fingerprint density at radius 1 is 1.26 bits per heavy atom. The number of amides is 1. The highest BCUT2D eigenvalue weighted by Gasteiger charge is 2.54. The van der Waals surface area contributed by atoms with Crippen molar-refractivity contribution in [3.05, 3.63) is 35.3 Å². The van der Waals surface area contributed by atoms with Gasteiger partial charge in [-0.15, -0.1) is 0 Å². The van der Waals surface area contributed by atoms with Gasteiger partial charge in [0.05, 0.1) is 21.3 Å². The van der Waals surface area contributed by atoms with Gasteiger partial charge in [0.2, 0.25) is 0 Å². The SMILES string of the molecule is CC1(Cn2nc(C3CC3)c(C(F)(F)F)c2C(=O)Nc2ccnc([S@](C)(=N)=O)c2)CC(C(F)(F)F)C1. The highest BCUT2D eigenvalue weighted by Crippen LogP contribution is 2.54. The molecular weight excluding hydrogens is 500 g/mol. The average molecular weight is 524 g/mol. The molecule has 2 fully saturated rings. The van der Waals surface area contributed by atoms with E-state index in [0.717, 1.165) is 23.2 Å². The molecule has 2 aliphatic rings. The molecule has 2 aromatic heterocycles. The first-order valence-corrected chi connectivity index (χ1v) is 12.7. The summed E-state index contributed by atoms with van der Waals surface area (Å²) in [6.45, 7) is 1.25. The summed E-state index contributed by atoms with van der Waals surface area (Å²) in [4.78, 5) is 16.9. The molecule has 1 atom stereocenters. The molecule has 0 radical (unpaired) electrons. The van der Waals surface area contributed by atoms with Crippen LogP contribution in [0.5, 0.6) is 0 Å². The molecule has 1 amide bonds. The van der Waals surface area contributed by atoms with Gasteiger partial charge in [0.25, 0.3) is 5.91 Å². The van der Waals surface area contributed by atoms with Crippen molar-refractivity contribution in [2.24, 2.45) is 11.3 Å². The summed E-state index contributed by atoms with van der Waals surface area (Å²) in [6, 6.07) is 2.40. The smallest absolute Gasteiger partial charge is 0.320 e. The van der Waals surface area contributed by atoms with Gasteiger partial charge in [0.1, 0.15) is 16.3 Å². The summed E-state index contributed by atoms with van der Waals surface area (Å²) in [5.41, 5.74) is -3.26. The Kier molecular flexibility index (Phi) is 5.97. The van der Waals surface area contributed by atoms with E-state index >= 15 is 0 Å². The molecule has 14 heteroatoms. The summed E-state index contributed by atoms with van der Waals surface area (Å²) in [7, 11) is -3.25. The van der Waals surface area contributed by atoms with Crippen molar-refractivity contribution in [3.63, 3.8) is 0 Å². The first-order valence-electron chi connectivity index (χ1n) is 10.7. The highest BCUT2D eigenvalue weighted by atomic mass is 32.2. The van der Waals surface area contributed by atoms with Crippen molar-refractivity contribution in [3.8, 4) is 0 Å². The second-order valence-corrected chi connectivity index (χ2v) is 11.8. The van der Waals surface area contributed by atoms with E-state index < -0.39 is 56.5 Å². The summed E-state index contributed by atoms with van der Waals surface area (Å²) in [5.74, 6) is -3.18. The van der Waals surface area contributed by atoms with E-state index in [0.29, 0.717) is 12.8 Å². The van der Waals surface area contributed by atoms with Crippen LogP contribution in [0.15, 0.2) is 23.4 Å². The van der Waals surface area contributed by atoms with Crippen LogP contribution < -0.4 is 5.32 Å². The quantitative estimate of drug-likeness (QED) is 0.493. The Labute approximate surface area is 197 Å². The van der Waals surface area contributed by atoms with Gasteiger partial charge in [0.15, 0.2) is 0 Å². The van der Waals surface area contributed by atoms with Crippen molar-refractivity contribution in [2.45, 2.75) is 62.4 Å². The van der Waals surface area contributed by atoms with Crippen LogP contribution in [0.2, 0.25) is 0 Å². The molecule has 2 saturated carbocycles. The monoisotopic (exact) mass is 523 g/mol. The van der Waals surface area contributed by atoms with Crippen LogP contribution in [0.3, 0.4) is 0 Å². The van der Waals surface area contributed by atoms with Crippen LogP contribution in [0.4, 0.5) is 32.0 Å². The Morgan fingerprint density at radius 3 is 2.40 bits per heavy atom. The van der Waals surface area contributed by atoms with Gasteiger partial charge in [-0.3, -0.25) is 9.48 Å². The first kappa shape index (κ1) is 25.5. The van der Waals surface area contributed by atoms with Crippen LogP contribution in [0.1, 0.15) is 60.3 Å². The molecule has 0 spiro atoms. The molecule has 2 aliphatic carbocycles. The molecule has 192 valence electrons. The fraction of sp³-hybridized carbons (Fsp3) is 0.571. The van der Waals surface area contributed by atoms with E-state index in [9.17, 15) is 35.3 Å². The summed E-state index contributed by atoms with van der Waals surface area (Å²) >= 11 is 0.